The zero-order valence-corrected chi connectivity index (χ0v) is 10.7. The van der Waals surface area contributed by atoms with E-state index in [-0.39, 0.29) is 0 Å². The standard InChI is InChI=1S/C13H19N3O2/c1-17-11-9-12(16-5-7-18-8-6-16)15-10-3-2-4-14-13(10)11/h9,14H,2-8H2,1H3. The summed E-state index contributed by atoms with van der Waals surface area (Å²) in [5, 5.41) is 3.38. The number of hydrogen-bond acceptors (Lipinski definition) is 5. The van der Waals surface area contributed by atoms with Crippen molar-refractivity contribution in [3.8, 4) is 5.75 Å². The molecule has 0 spiro atoms. The maximum absolute atomic E-state index is 5.48. The summed E-state index contributed by atoms with van der Waals surface area (Å²) >= 11 is 0. The summed E-state index contributed by atoms with van der Waals surface area (Å²) in [7, 11) is 1.72. The Morgan fingerprint density at radius 1 is 1.39 bits per heavy atom. The van der Waals surface area contributed by atoms with E-state index < -0.39 is 0 Å². The van der Waals surface area contributed by atoms with Crippen LogP contribution in [0, 0.1) is 0 Å². The molecule has 1 aromatic heterocycles. The van der Waals surface area contributed by atoms with Crippen LogP contribution in [0.2, 0.25) is 0 Å². The lowest BCUT2D eigenvalue weighted by atomic mass is 10.1. The zero-order valence-electron chi connectivity index (χ0n) is 10.7. The van der Waals surface area contributed by atoms with Gasteiger partial charge in [-0.1, -0.05) is 0 Å². The Balaban J connectivity index is 1.94. The molecule has 0 radical (unpaired) electrons. The second-order valence-electron chi connectivity index (χ2n) is 4.63. The molecule has 98 valence electrons. The molecule has 0 aromatic carbocycles. The first-order chi connectivity index (χ1) is 8.88. The summed E-state index contributed by atoms with van der Waals surface area (Å²) in [6, 6.07) is 2.03. The van der Waals surface area contributed by atoms with Gasteiger partial charge in [0, 0.05) is 25.7 Å². The van der Waals surface area contributed by atoms with Crippen LogP contribution in [0.4, 0.5) is 11.5 Å². The van der Waals surface area contributed by atoms with Crippen molar-refractivity contribution >= 4 is 11.5 Å². The Hall–Kier alpha value is -1.49. The van der Waals surface area contributed by atoms with E-state index in [9.17, 15) is 0 Å². The van der Waals surface area contributed by atoms with Crippen molar-refractivity contribution in [3.05, 3.63) is 11.8 Å². The summed E-state index contributed by atoms with van der Waals surface area (Å²) in [5.74, 6) is 1.92. The maximum atomic E-state index is 5.48. The number of nitrogens with one attached hydrogen (secondary N) is 1. The van der Waals surface area contributed by atoms with Crippen molar-refractivity contribution in [1.29, 1.82) is 0 Å². The van der Waals surface area contributed by atoms with Crippen molar-refractivity contribution in [2.75, 3.05) is 50.2 Å². The first-order valence-electron chi connectivity index (χ1n) is 6.53. The van der Waals surface area contributed by atoms with Crippen LogP contribution < -0.4 is 15.0 Å². The lowest BCUT2D eigenvalue weighted by Gasteiger charge is -2.30. The first-order valence-corrected chi connectivity index (χ1v) is 6.53. The third kappa shape index (κ3) is 2.10. The van der Waals surface area contributed by atoms with E-state index in [4.69, 9.17) is 14.5 Å². The monoisotopic (exact) mass is 249 g/mol. The van der Waals surface area contributed by atoms with E-state index in [0.717, 1.165) is 68.6 Å². The summed E-state index contributed by atoms with van der Waals surface area (Å²) in [6.07, 6.45) is 2.16. The molecule has 0 unspecified atom stereocenters. The van der Waals surface area contributed by atoms with E-state index in [1.807, 2.05) is 6.07 Å². The molecule has 0 saturated carbocycles. The first kappa shape index (κ1) is 11.6. The second-order valence-corrected chi connectivity index (χ2v) is 4.63. The Morgan fingerprint density at radius 3 is 3.00 bits per heavy atom. The molecule has 0 bridgehead atoms. The Kier molecular flexibility index (Phi) is 3.23. The van der Waals surface area contributed by atoms with Gasteiger partial charge in [-0.05, 0) is 12.8 Å². The normalized spacial score (nSPS) is 19.1. The summed E-state index contributed by atoms with van der Waals surface area (Å²) in [5.41, 5.74) is 2.20. The Bertz CT molecular complexity index is 413. The van der Waals surface area contributed by atoms with E-state index in [2.05, 4.69) is 10.2 Å². The van der Waals surface area contributed by atoms with Gasteiger partial charge >= 0.3 is 0 Å². The van der Waals surface area contributed by atoms with Gasteiger partial charge in [0.1, 0.15) is 11.6 Å². The molecule has 0 amide bonds. The van der Waals surface area contributed by atoms with Gasteiger partial charge in [0.2, 0.25) is 0 Å². The smallest absolute Gasteiger partial charge is 0.147 e. The number of aryl methyl sites for hydroxylation is 1. The highest BCUT2D eigenvalue weighted by atomic mass is 16.5. The van der Waals surface area contributed by atoms with Gasteiger partial charge in [-0.2, -0.15) is 0 Å². The van der Waals surface area contributed by atoms with Crippen LogP contribution in [0.15, 0.2) is 6.07 Å². The number of aromatic nitrogens is 1. The third-order valence-electron chi connectivity index (χ3n) is 3.49. The number of nitrogens with zero attached hydrogens (tertiary/aromatic N) is 2. The second kappa shape index (κ2) is 5.02. The molecule has 1 saturated heterocycles. The Morgan fingerprint density at radius 2 is 2.22 bits per heavy atom. The van der Waals surface area contributed by atoms with Gasteiger partial charge in [-0.3, -0.25) is 0 Å². The van der Waals surface area contributed by atoms with Gasteiger partial charge in [0.25, 0.3) is 0 Å². The highest BCUT2D eigenvalue weighted by Crippen LogP contribution is 2.34. The minimum Gasteiger partial charge on any atom is -0.494 e. The Labute approximate surface area is 107 Å². The highest BCUT2D eigenvalue weighted by Gasteiger charge is 2.20. The summed E-state index contributed by atoms with van der Waals surface area (Å²) < 4.78 is 10.9. The number of ether oxygens (including phenoxy) is 2. The fraction of sp³-hybridized carbons (Fsp3) is 0.615. The fourth-order valence-corrected chi connectivity index (χ4v) is 2.51. The number of morpholine rings is 1. The van der Waals surface area contributed by atoms with Crippen LogP contribution in [-0.2, 0) is 11.2 Å². The quantitative estimate of drug-likeness (QED) is 0.855. The fourth-order valence-electron chi connectivity index (χ4n) is 2.51. The molecule has 3 rings (SSSR count). The van der Waals surface area contributed by atoms with Crippen LogP contribution >= 0.6 is 0 Å². The van der Waals surface area contributed by atoms with Crippen LogP contribution in [-0.4, -0.2) is 44.9 Å². The van der Waals surface area contributed by atoms with Crippen LogP contribution in [0.3, 0.4) is 0 Å². The molecule has 5 heteroatoms. The predicted molar refractivity (Wildman–Crippen MR) is 70.6 cm³/mol. The van der Waals surface area contributed by atoms with E-state index in [0.29, 0.717) is 0 Å². The third-order valence-corrected chi connectivity index (χ3v) is 3.49. The summed E-state index contributed by atoms with van der Waals surface area (Å²) in [4.78, 5) is 7.04. The molecule has 2 aliphatic heterocycles. The number of hydrogen-bond donors (Lipinski definition) is 1. The molecule has 1 N–H and O–H groups in total. The molecule has 1 fully saturated rings. The average molecular weight is 249 g/mol. The lowest BCUT2D eigenvalue weighted by molar-refractivity contribution is 0.122. The van der Waals surface area contributed by atoms with Crippen LogP contribution in [0.5, 0.6) is 5.75 Å². The van der Waals surface area contributed by atoms with Crippen molar-refractivity contribution in [1.82, 2.24) is 4.98 Å². The number of anilines is 2. The van der Waals surface area contributed by atoms with E-state index in [1.165, 1.54) is 0 Å². The van der Waals surface area contributed by atoms with Crippen molar-refractivity contribution < 1.29 is 9.47 Å². The maximum Gasteiger partial charge on any atom is 0.147 e. The highest BCUT2D eigenvalue weighted by molar-refractivity contribution is 5.65. The van der Waals surface area contributed by atoms with Crippen molar-refractivity contribution in [2.45, 2.75) is 12.8 Å². The molecule has 0 aliphatic carbocycles. The SMILES string of the molecule is COc1cc(N2CCOCC2)nc2c1NCCC2. The number of rotatable bonds is 2. The van der Waals surface area contributed by atoms with E-state index >= 15 is 0 Å². The molecule has 3 heterocycles. The van der Waals surface area contributed by atoms with Gasteiger partial charge in [-0.15, -0.1) is 0 Å². The number of fused-ring (bicyclic) bond motifs is 1. The van der Waals surface area contributed by atoms with Crippen molar-refractivity contribution in [2.24, 2.45) is 0 Å². The van der Waals surface area contributed by atoms with Gasteiger partial charge in [0.05, 0.1) is 31.7 Å². The zero-order chi connectivity index (χ0) is 12.4. The number of methoxy groups -OCH3 is 1. The summed E-state index contributed by atoms with van der Waals surface area (Å²) in [6.45, 7) is 4.37. The molecule has 2 aliphatic rings. The molecule has 5 nitrogen and oxygen atoms in total. The van der Waals surface area contributed by atoms with Gasteiger partial charge in [0.15, 0.2) is 0 Å². The van der Waals surface area contributed by atoms with Gasteiger partial charge < -0.3 is 19.7 Å². The van der Waals surface area contributed by atoms with Gasteiger partial charge in [-0.25, -0.2) is 4.98 Å². The van der Waals surface area contributed by atoms with Crippen LogP contribution in [0.25, 0.3) is 0 Å². The number of pyridine rings is 1. The molecular weight excluding hydrogens is 230 g/mol. The van der Waals surface area contributed by atoms with Crippen LogP contribution in [0.1, 0.15) is 12.1 Å². The molecule has 18 heavy (non-hydrogen) atoms. The molecule has 0 atom stereocenters. The lowest BCUT2D eigenvalue weighted by Crippen LogP contribution is -2.37. The molecular formula is C13H19N3O2. The predicted octanol–water partition coefficient (Wildman–Crippen LogP) is 1.28. The largest absolute Gasteiger partial charge is 0.494 e. The minimum atomic E-state index is 0.777. The molecule has 1 aromatic rings. The van der Waals surface area contributed by atoms with E-state index in [1.54, 1.807) is 7.11 Å². The minimum absolute atomic E-state index is 0.777. The topological polar surface area (TPSA) is 46.6 Å². The van der Waals surface area contributed by atoms with Crippen molar-refractivity contribution in [3.63, 3.8) is 0 Å². The average Bonchev–Trinajstić information content (AvgIpc) is 2.47.